The molecular weight excluding hydrogens is 516 g/mol. The Morgan fingerprint density at radius 1 is 1.00 bits per heavy atom. The first-order chi connectivity index (χ1) is 20.1. The number of ether oxygens (including phenoxy) is 2. The lowest BCUT2D eigenvalue weighted by Gasteiger charge is -2.31. The molecule has 2 atom stereocenters. The van der Waals surface area contributed by atoms with Crippen molar-refractivity contribution >= 4 is 28.7 Å². The van der Waals surface area contributed by atoms with Gasteiger partial charge in [-0.2, -0.15) is 0 Å². The van der Waals surface area contributed by atoms with Crippen molar-refractivity contribution in [3.8, 4) is 5.75 Å². The molecule has 7 nitrogen and oxygen atoms in total. The second-order valence-corrected chi connectivity index (χ2v) is 10.4. The van der Waals surface area contributed by atoms with Gasteiger partial charge >= 0.3 is 0 Å². The number of likely N-dealkylation sites (N-methyl/N-ethyl adjacent to an activating group) is 1. The van der Waals surface area contributed by atoms with Crippen molar-refractivity contribution in [1.29, 1.82) is 0 Å². The highest BCUT2D eigenvalue weighted by molar-refractivity contribution is 5.99. The van der Waals surface area contributed by atoms with Crippen LogP contribution in [0.15, 0.2) is 84.5 Å². The first kappa shape index (κ1) is 28.6. The summed E-state index contributed by atoms with van der Waals surface area (Å²) >= 11 is 0. The second kappa shape index (κ2) is 14.1. The van der Waals surface area contributed by atoms with Crippen molar-refractivity contribution in [1.82, 2.24) is 10.4 Å². The zero-order valence-electron chi connectivity index (χ0n) is 23.6. The number of fused-ring (bicyclic) bond motifs is 1. The van der Waals surface area contributed by atoms with Crippen LogP contribution < -0.4 is 10.2 Å². The van der Waals surface area contributed by atoms with Gasteiger partial charge in [-0.3, -0.25) is 9.59 Å². The molecule has 0 saturated carbocycles. The molecule has 0 bridgehead atoms. The van der Waals surface area contributed by atoms with E-state index in [2.05, 4.69) is 17.6 Å². The lowest BCUT2D eigenvalue weighted by Crippen LogP contribution is -2.41. The Bertz CT molecular complexity index is 1390. The van der Waals surface area contributed by atoms with Gasteiger partial charge in [0.2, 0.25) is 0 Å². The van der Waals surface area contributed by atoms with Crippen LogP contribution in [0.5, 0.6) is 5.75 Å². The van der Waals surface area contributed by atoms with E-state index < -0.39 is 6.29 Å². The van der Waals surface area contributed by atoms with E-state index in [1.165, 1.54) is 0 Å². The van der Waals surface area contributed by atoms with Crippen molar-refractivity contribution in [2.24, 2.45) is 0 Å². The summed E-state index contributed by atoms with van der Waals surface area (Å²) in [7, 11) is 0. The SMILES string of the molecule is CCN(C(=O)/C(=C/c1ccc(C(=O)NOC2CCCCO2)cc1)COc1cccc2ccccc12)C1C=CCCC1. The minimum Gasteiger partial charge on any atom is -0.488 e. The lowest BCUT2D eigenvalue weighted by atomic mass is 10.00. The fourth-order valence-electron chi connectivity index (χ4n) is 5.32. The molecule has 5 rings (SSSR count). The topological polar surface area (TPSA) is 77.1 Å². The molecule has 1 aliphatic heterocycles. The largest absolute Gasteiger partial charge is 0.488 e. The lowest BCUT2D eigenvalue weighted by molar-refractivity contribution is -0.186. The van der Waals surface area contributed by atoms with Gasteiger partial charge in [-0.1, -0.05) is 60.7 Å². The third-order valence-electron chi connectivity index (χ3n) is 7.57. The van der Waals surface area contributed by atoms with E-state index in [-0.39, 0.29) is 24.5 Å². The number of hydrogen-bond donors (Lipinski definition) is 1. The van der Waals surface area contributed by atoms with Crippen LogP contribution in [0.3, 0.4) is 0 Å². The zero-order chi connectivity index (χ0) is 28.4. The van der Waals surface area contributed by atoms with Gasteiger partial charge < -0.3 is 14.4 Å². The van der Waals surface area contributed by atoms with E-state index in [0.717, 1.165) is 60.6 Å². The standard InChI is InChI=1S/C34H38N2O5/c1-2-36(29-13-4-3-5-14-29)34(38)28(24-40-31-16-10-12-26-11-6-7-15-30(26)31)23-25-18-20-27(21-19-25)33(37)35-41-32-17-8-9-22-39-32/h4,6-7,10-13,15-16,18-21,23,29,32H,2-3,5,8-9,14,17,22,24H2,1H3,(H,35,37)/b28-23+. The Kier molecular flexibility index (Phi) is 9.83. The molecule has 1 N–H and O–H groups in total. The Hall–Kier alpha value is -3.94. The van der Waals surface area contributed by atoms with Crippen LogP contribution in [-0.2, 0) is 14.4 Å². The summed E-state index contributed by atoms with van der Waals surface area (Å²) in [5.74, 6) is 0.342. The Balaban J connectivity index is 1.35. The number of benzene rings is 3. The number of rotatable bonds is 10. The van der Waals surface area contributed by atoms with Crippen molar-refractivity contribution < 1.29 is 23.9 Å². The Morgan fingerprint density at radius 2 is 1.83 bits per heavy atom. The first-order valence-electron chi connectivity index (χ1n) is 14.6. The summed E-state index contributed by atoms with van der Waals surface area (Å²) in [6, 6.07) is 21.2. The average molecular weight is 555 g/mol. The van der Waals surface area contributed by atoms with E-state index in [1.54, 1.807) is 12.1 Å². The van der Waals surface area contributed by atoms with Gasteiger partial charge in [0.05, 0.1) is 11.6 Å². The third-order valence-corrected chi connectivity index (χ3v) is 7.57. The summed E-state index contributed by atoms with van der Waals surface area (Å²) in [4.78, 5) is 33.9. The van der Waals surface area contributed by atoms with E-state index in [1.807, 2.05) is 72.5 Å². The second-order valence-electron chi connectivity index (χ2n) is 10.4. The number of hydrogen-bond acceptors (Lipinski definition) is 5. The average Bonchev–Trinajstić information content (AvgIpc) is 3.03. The maximum absolute atomic E-state index is 13.9. The summed E-state index contributed by atoms with van der Waals surface area (Å²) in [5, 5.41) is 2.08. The van der Waals surface area contributed by atoms with Crippen molar-refractivity contribution in [2.45, 2.75) is 57.8 Å². The Labute approximate surface area is 241 Å². The van der Waals surface area contributed by atoms with Crippen molar-refractivity contribution in [3.05, 3.63) is 95.6 Å². The number of allylic oxidation sites excluding steroid dienone is 1. The van der Waals surface area contributed by atoms with Gasteiger partial charge in [0.15, 0.2) is 6.29 Å². The van der Waals surface area contributed by atoms with Crippen LogP contribution in [0.4, 0.5) is 0 Å². The molecule has 7 heteroatoms. The van der Waals surface area contributed by atoms with Crippen LogP contribution in [0.25, 0.3) is 16.8 Å². The van der Waals surface area contributed by atoms with E-state index in [0.29, 0.717) is 24.3 Å². The van der Waals surface area contributed by atoms with E-state index in [9.17, 15) is 9.59 Å². The monoisotopic (exact) mass is 554 g/mol. The minimum absolute atomic E-state index is 0.0491. The molecule has 2 unspecified atom stereocenters. The van der Waals surface area contributed by atoms with E-state index in [4.69, 9.17) is 14.3 Å². The first-order valence-corrected chi connectivity index (χ1v) is 14.6. The molecule has 0 spiro atoms. The summed E-state index contributed by atoms with van der Waals surface area (Å²) in [6.45, 7) is 3.37. The van der Waals surface area contributed by atoms with Crippen LogP contribution in [0.2, 0.25) is 0 Å². The molecule has 1 fully saturated rings. The number of carbonyl (C=O) groups excluding carboxylic acids is 2. The van der Waals surface area contributed by atoms with Gasteiger partial charge in [0.25, 0.3) is 11.8 Å². The molecule has 3 aromatic carbocycles. The number of carbonyl (C=O) groups is 2. The van der Waals surface area contributed by atoms with Crippen molar-refractivity contribution in [3.63, 3.8) is 0 Å². The van der Waals surface area contributed by atoms with E-state index >= 15 is 0 Å². The molecular formula is C34H38N2O5. The maximum Gasteiger partial charge on any atom is 0.274 e. The van der Waals surface area contributed by atoms with Gasteiger partial charge in [0, 0.05) is 30.5 Å². The van der Waals surface area contributed by atoms with Crippen LogP contribution in [-0.4, -0.2) is 48.8 Å². The normalized spacial score (nSPS) is 19.1. The third kappa shape index (κ3) is 7.43. The molecule has 2 aliphatic rings. The van der Waals surface area contributed by atoms with Crippen LogP contribution >= 0.6 is 0 Å². The number of nitrogens with zero attached hydrogens (tertiary/aromatic N) is 1. The molecule has 41 heavy (non-hydrogen) atoms. The molecule has 3 aromatic rings. The maximum atomic E-state index is 13.9. The minimum atomic E-state index is -0.411. The zero-order valence-corrected chi connectivity index (χ0v) is 23.6. The van der Waals surface area contributed by atoms with Crippen LogP contribution in [0, 0.1) is 0 Å². The highest BCUT2D eigenvalue weighted by Gasteiger charge is 2.25. The summed E-state index contributed by atoms with van der Waals surface area (Å²) < 4.78 is 11.8. The van der Waals surface area contributed by atoms with Gasteiger partial charge in [-0.05, 0) is 74.3 Å². The molecule has 0 aromatic heterocycles. The van der Waals surface area contributed by atoms with Gasteiger partial charge in [0.1, 0.15) is 12.4 Å². The number of hydroxylamine groups is 1. The van der Waals surface area contributed by atoms with Crippen molar-refractivity contribution in [2.75, 3.05) is 19.8 Å². The highest BCUT2D eigenvalue weighted by atomic mass is 16.8. The Morgan fingerprint density at radius 3 is 2.59 bits per heavy atom. The molecule has 1 heterocycles. The molecule has 1 saturated heterocycles. The fourth-order valence-corrected chi connectivity index (χ4v) is 5.32. The predicted molar refractivity (Wildman–Crippen MR) is 160 cm³/mol. The quantitative estimate of drug-likeness (QED) is 0.177. The fraction of sp³-hybridized carbons (Fsp3) is 0.353. The predicted octanol–water partition coefficient (Wildman–Crippen LogP) is 6.45. The molecule has 2 amide bonds. The van der Waals surface area contributed by atoms with Gasteiger partial charge in [-0.15, -0.1) is 0 Å². The number of nitrogens with one attached hydrogen (secondary N) is 1. The molecule has 214 valence electrons. The summed E-state index contributed by atoms with van der Waals surface area (Å²) in [6.07, 6.45) is 11.6. The molecule has 1 aliphatic carbocycles. The highest BCUT2D eigenvalue weighted by Crippen LogP contribution is 2.27. The van der Waals surface area contributed by atoms with Crippen LogP contribution in [0.1, 0.15) is 61.4 Å². The number of amides is 2. The van der Waals surface area contributed by atoms with Gasteiger partial charge in [-0.25, -0.2) is 10.3 Å². The smallest absolute Gasteiger partial charge is 0.274 e. The molecule has 0 radical (unpaired) electrons. The summed E-state index contributed by atoms with van der Waals surface area (Å²) in [5.41, 5.74) is 4.30.